The monoisotopic (exact) mass is 530 g/mol. The molecule has 2 unspecified atom stereocenters. The Morgan fingerprint density at radius 1 is 0.763 bits per heavy atom. The molecule has 3 aromatic carbocycles. The molecule has 0 fully saturated rings. The van der Waals surface area contributed by atoms with Crippen molar-refractivity contribution < 1.29 is 10.2 Å². The van der Waals surface area contributed by atoms with Crippen LogP contribution in [0.15, 0.2) is 66.7 Å². The van der Waals surface area contributed by atoms with Crippen molar-refractivity contribution in [3.8, 4) is 11.5 Å². The van der Waals surface area contributed by atoms with Crippen LogP contribution < -0.4 is 0 Å². The van der Waals surface area contributed by atoms with Crippen LogP contribution in [0, 0.1) is 0 Å². The van der Waals surface area contributed by atoms with Crippen LogP contribution in [0.4, 0.5) is 0 Å². The third kappa shape index (κ3) is 7.59. The first kappa shape index (κ1) is 28.6. The average Bonchev–Trinajstić information content (AvgIpc) is 2.92. The summed E-state index contributed by atoms with van der Waals surface area (Å²) >= 11 is 2.10. The molecule has 0 amide bonds. The number of unbranched alkanes of at least 4 members (excludes halogenated alkanes) is 4. The molecule has 0 heterocycles. The quantitative estimate of drug-likeness (QED) is 0.204. The summed E-state index contributed by atoms with van der Waals surface area (Å²) in [7, 11) is 0. The van der Waals surface area contributed by atoms with Gasteiger partial charge in [0.15, 0.2) is 0 Å². The third-order valence-corrected chi connectivity index (χ3v) is 9.69. The molecule has 38 heavy (non-hydrogen) atoms. The van der Waals surface area contributed by atoms with Gasteiger partial charge >= 0.3 is 0 Å². The number of phenols is 2. The zero-order valence-electron chi connectivity index (χ0n) is 23.4. The van der Waals surface area contributed by atoms with Gasteiger partial charge in [-0.3, -0.25) is 0 Å². The molecule has 0 spiro atoms. The van der Waals surface area contributed by atoms with Crippen LogP contribution in [0.5, 0.6) is 11.5 Å². The highest BCUT2D eigenvalue weighted by Gasteiger charge is 2.40. The molecule has 0 bridgehead atoms. The topological polar surface area (TPSA) is 40.5 Å². The summed E-state index contributed by atoms with van der Waals surface area (Å²) in [6.45, 7) is 4.66. The molecule has 2 atom stereocenters. The number of aromatic hydroxyl groups is 2. The Bertz CT molecular complexity index is 1120. The molecule has 4 rings (SSSR count). The van der Waals surface area contributed by atoms with Gasteiger partial charge in [-0.05, 0) is 120 Å². The third-order valence-electron chi connectivity index (χ3n) is 8.62. The van der Waals surface area contributed by atoms with E-state index in [1.54, 1.807) is 0 Å². The first-order valence-corrected chi connectivity index (χ1v) is 15.9. The normalized spacial score (nSPS) is 18.8. The van der Waals surface area contributed by atoms with Crippen LogP contribution in [-0.4, -0.2) is 21.7 Å². The second-order valence-electron chi connectivity index (χ2n) is 11.4. The number of aryl methyl sites for hydroxylation is 3. The maximum absolute atomic E-state index is 10.1. The van der Waals surface area contributed by atoms with E-state index in [1.807, 2.05) is 24.3 Å². The standard InChI is InChI=1S/C35H46O2S/c1-3-4-5-8-24-38-25-22-28-13-11-27(12-14-28)9-6-7-10-34-33-20-19-32(37)26-29(33)21-23-35(34,2)30-15-17-31(36)18-16-30/h11-20,26,34,36-37H,3-10,21-25H2,1-2H3. The smallest absolute Gasteiger partial charge is 0.115 e. The Morgan fingerprint density at radius 3 is 2.21 bits per heavy atom. The van der Waals surface area contributed by atoms with E-state index >= 15 is 0 Å². The maximum atomic E-state index is 10.1. The fourth-order valence-corrected chi connectivity index (χ4v) is 7.19. The number of benzene rings is 3. The van der Waals surface area contributed by atoms with Crippen LogP contribution in [0.2, 0.25) is 0 Å². The fraction of sp³-hybridized carbons (Fsp3) is 0.486. The van der Waals surface area contributed by atoms with Crippen LogP contribution in [-0.2, 0) is 24.7 Å². The Kier molecular flexibility index (Phi) is 10.6. The van der Waals surface area contributed by atoms with E-state index in [1.165, 1.54) is 84.3 Å². The summed E-state index contributed by atoms with van der Waals surface area (Å²) in [6, 6.07) is 23.1. The molecule has 0 saturated carbocycles. The highest BCUT2D eigenvalue weighted by molar-refractivity contribution is 7.99. The summed E-state index contributed by atoms with van der Waals surface area (Å²) in [6.07, 6.45) is 13.2. The number of phenolic OH excluding ortho intramolecular Hbond substituents is 2. The Labute approximate surface area is 234 Å². The van der Waals surface area contributed by atoms with E-state index in [-0.39, 0.29) is 5.41 Å². The van der Waals surface area contributed by atoms with Crippen LogP contribution >= 0.6 is 11.8 Å². The number of hydrogen-bond acceptors (Lipinski definition) is 3. The van der Waals surface area contributed by atoms with Crippen molar-refractivity contribution >= 4 is 11.8 Å². The summed E-state index contributed by atoms with van der Waals surface area (Å²) in [4.78, 5) is 0. The molecule has 0 saturated heterocycles. The van der Waals surface area contributed by atoms with Crippen molar-refractivity contribution in [3.63, 3.8) is 0 Å². The van der Waals surface area contributed by atoms with Gasteiger partial charge < -0.3 is 10.2 Å². The first-order valence-electron chi connectivity index (χ1n) is 14.8. The lowest BCUT2D eigenvalue weighted by atomic mass is 9.60. The SMILES string of the molecule is CCCCCCSCCc1ccc(CCCCC2c3ccc(O)cc3CCC2(C)c2ccc(O)cc2)cc1. The van der Waals surface area contributed by atoms with Crippen molar-refractivity contribution in [2.45, 2.75) is 95.8 Å². The minimum absolute atomic E-state index is 0.0212. The van der Waals surface area contributed by atoms with Gasteiger partial charge in [-0.25, -0.2) is 0 Å². The predicted molar refractivity (Wildman–Crippen MR) is 164 cm³/mol. The van der Waals surface area contributed by atoms with Gasteiger partial charge in [0, 0.05) is 0 Å². The summed E-state index contributed by atoms with van der Waals surface area (Å²) < 4.78 is 0. The molecule has 1 aliphatic carbocycles. The van der Waals surface area contributed by atoms with Crippen LogP contribution in [0.1, 0.15) is 98.9 Å². The van der Waals surface area contributed by atoms with Crippen molar-refractivity contribution in [1.29, 1.82) is 0 Å². The molecule has 0 radical (unpaired) electrons. The van der Waals surface area contributed by atoms with E-state index in [4.69, 9.17) is 0 Å². The van der Waals surface area contributed by atoms with Gasteiger partial charge in [0.25, 0.3) is 0 Å². The zero-order chi connectivity index (χ0) is 26.8. The summed E-state index contributed by atoms with van der Waals surface area (Å²) in [5.74, 6) is 3.62. The second-order valence-corrected chi connectivity index (χ2v) is 12.6. The summed E-state index contributed by atoms with van der Waals surface area (Å²) in [5, 5.41) is 19.9. The van der Waals surface area contributed by atoms with Crippen LogP contribution in [0.25, 0.3) is 0 Å². The fourth-order valence-electron chi connectivity index (χ4n) is 6.20. The maximum Gasteiger partial charge on any atom is 0.115 e. The minimum atomic E-state index is 0.0212. The van der Waals surface area contributed by atoms with Crippen molar-refractivity contribution in [1.82, 2.24) is 0 Å². The Hall–Kier alpha value is -2.39. The Morgan fingerprint density at radius 2 is 1.47 bits per heavy atom. The molecular formula is C35H46O2S. The average molecular weight is 531 g/mol. The minimum Gasteiger partial charge on any atom is -0.508 e. The van der Waals surface area contributed by atoms with Crippen molar-refractivity contribution in [3.05, 3.63) is 94.5 Å². The van der Waals surface area contributed by atoms with Crippen LogP contribution in [0.3, 0.4) is 0 Å². The molecule has 0 aliphatic heterocycles. The van der Waals surface area contributed by atoms with E-state index < -0.39 is 0 Å². The predicted octanol–water partition coefficient (Wildman–Crippen LogP) is 9.35. The Balaban J connectivity index is 1.30. The van der Waals surface area contributed by atoms with Gasteiger partial charge in [-0.2, -0.15) is 11.8 Å². The first-order chi connectivity index (χ1) is 18.5. The van der Waals surface area contributed by atoms with Crippen molar-refractivity contribution in [2.75, 3.05) is 11.5 Å². The highest BCUT2D eigenvalue weighted by atomic mass is 32.2. The van der Waals surface area contributed by atoms with Crippen molar-refractivity contribution in [2.24, 2.45) is 0 Å². The van der Waals surface area contributed by atoms with Gasteiger partial charge in [0.1, 0.15) is 11.5 Å². The number of thioether (sulfide) groups is 1. The van der Waals surface area contributed by atoms with E-state index in [9.17, 15) is 10.2 Å². The van der Waals surface area contributed by atoms with E-state index in [2.05, 4.69) is 68.1 Å². The molecule has 204 valence electrons. The molecule has 0 aromatic heterocycles. The van der Waals surface area contributed by atoms with E-state index in [0.29, 0.717) is 17.4 Å². The molecular weight excluding hydrogens is 484 g/mol. The molecule has 3 heteroatoms. The largest absolute Gasteiger partial charge is 0.508 e. The number of fused-ring (bicyclic) bond motifs is 1. The van der Waals surface area contributed by atoms with Gasteiger partial charge in [-0.1, -0.05) is 82.0 Å². The highest BCUT2D eigenvalue weighted by Crippen LogP contribution is 2.50. The molecule has 3 aromatic rings. The zero-order valence-corrected chi connectivity index (χ0v) is 24.2. The summed E-state index contributed by atoms with van der Waals surface area (Å²) in [5.41, 5.74) is 6.90. The second kappa shape index (κ2) is 14.1. The lowest BCUT2D eigenvalue weighted by Gasteiger charge is -2.43. The van der Waals surface area contributed by atoms with Gasteiger partial charge in [-0.15, -0.1) is 0 Å². The van der Waals surface area contributed by atoms with Gasteiger partial charge in [0.05, 0.1) is 0 Å². The number of hydrogen-bond donors (Lipinski definition) is 2. The van der Waals surface area contributed by atoms with E-state index in [0.717, 1.165) is 25.7 Å². The molecule has 2 N–H and O–H groups in total. The lowest BCUT2D eigenvalue weighted by Crippen LogP contribution is -2.35. The number of rotatable bonds is 14. The lowest BCUT2D eigenvalue weighted by molar-refractivity contribution is 0.305. The molecule has 2 nitrogen and oxygen atoms in total. The van der Waals surface area contributed by atoms with Gasteiger partial charge in [0.2, 0.25) is 0 Å². The molecule has 1 aliphatic rings.